The Morgan fingerprint density at radius 1 is 1.33 bits per heavy atom. The summed E-state index contributed by atoms with van der Waals surface area (Å²) in [7, 11) is 0. The first-order valence-corrected chi connectivity index (χ1v) is 6.34. The first-order valence-electron chi connectivity index (χ1n) is 6.34. The van der Waals surface area contributed by atoms with E-state index in [1.165, 1.54) is 19.3 Å². The molecule has 0 saturated carbocycles. The fourth-order valence-corrected chi connectivity index (χ4v) is 2.56. The van der Waals surface area contributed by atoms with Gasteiger partial charge in [0.2, 0.25) is 0 Å². The molecule has 2 heteroatoms. The maximum atomic E-state index is 9.49. The van der Waals surface area contributed by atoms with Crippen LogP contribution in [0.2, 0.25) is 0 Å². The van der Waals surface area contributed by atoms with Gasteiger partial charge in [0.05, 0.1) is 6.07 Å². The second kappa shape index (κ2) is 5.51. The molecule has 1 aliphatic heterocycles. The van der Waals surface area contributed by atoms with Crippen LogP contribution in [-0.4, -0.2) is 23.5 Å². The zero-order valence-electron chi connectivity index (χ0n) is 10.4. The predicted octanol–water partition coefficient (Wildman–Crippen LogP) is 3.19. The van der Waals surface area contributed by atoms with E-state index in [1.807, 2.05) is 0 Å². The molecule has 2 atom stereocenters. The molecule has 15 heavy (non-hydrogen) atoms. The molecule has 0 bridgehead atoms. The Morgan fingerprint density at radius 2 is 1.93 bits per heavy atom. The van der Waals surface area contributed by atoms with E-state index in [4.69, 9.17) is 0 Å². The number of nitriles is 1. The van der Waals surface area contributed by atoms with E-state index >= 15 is 0 Å². The third kappa shape index (κ3) is 2.72. The highest BCUT2D eigenvalue weighted by molar-refractivity contribution is 5.09. The van der Waals surface area contributed by atoms with Gasteiger partial charge in [0, 0.05) is 0 Å². The molecule has 2 nitrogen and oxygen atoms in total. The van der Waals surface area contributed by atoms with Crippen molar-refractivity contribution in [2.75, 3.05) is 13.1 Å². The molecular formula is C13H24N2. The molecule has 1 fully saturated rings. The average molecular weight is 208 g/mol. The minimum absolute atomic E-state index is 0.175. The van der Waals surface area contributed by atoms with Crippen molar-refractivity contribution >= 4 is 0 Å². The monoisotopic (exact) mass is 208 g/mol. The van der Waals surface area contributed by atoms with Crippen LogP contribution in [0.15, 0.2) is 0 Å². The smallest absolute Gasteiger partial charge is 0.109 e. The van der Waals surface area contributed by atoms with E-state index in [0.717, 1.165) is 25.9 Å². The fourth-order valence-electron chi connectivity index (χ4n) is 2.56. The van der Waals surface area contributed by atoms with Gasteiger partial charge in [0.15, 0.2) is 0 Å². The summed E-state index contributed by atoms with van der Waals surface area (Å²) in [5.74, 6) is 0.658. The fraction of sp³-hybridized carbons (Fsp3) is 0.923. The molecule has 0 aliphatic carbocycles. The summed E-state index contributed by atoms with van der Waals surface area (Å²) in [6.07, 6.45) is 5.72. The van der Waals surface area contributed by atoms with Crippen molar-refractivity contribution in [3.05, 3.63) is 0 Å². The third-order valence-electron chi connectivity index (χ3n) is 3.89. The highest BCUT2D eigenvalue weighted by atomic mass is 15.2. The van der Waals surface area contributed by atoms with Crippen molar-refractivity contribution in [2.24, 2.45) is 5.92 Å². The molecule has 0 aromatic rings. The van der Waals surface area contributed by atoms with E-state index in [2.05, 4.69) is 31.7 Å². The van der Waals surface area contributed by atoms with Crippen LogP contribution in [0.5, 0.6) is 0 Å². The van der Waals surface area contributed by atoms with Crippen LogP contribution in [0.25, 0.3) is 0 Å². The van der Waals surface area contributed by atoms with Crippen LogP contribution < -0.4 is 0 Å². The molecule has 0 radical (unpaired) electrons. The minimum Gasteiger partial charge on any atom is -0.286 e. The average Bonchev–Trinajstić information content (AvgIpc) is 2.79. The van der Waals surface area contributed by atoms with E-state index in [-0.39, 0.29) is 5.54 Å². The molecule has 0 aromatic carbocycles. The van der Waals surface area contributed by atoms with Gasteiger partial charge in [-0.05, 0) is 44.7 Å². The van der Waals surface area contributed by atoms with E-state index < -0.39 is 0 Å². The van der Waals surface area contributed by atoms with E-state index in [9.17, 15) is 5.26 Å². The van der Waals surface area contributed by atoms with Crippen LogP contribution in [-0.2, 0) is 0 Å². The van der Waals surface area contributed by atoms with Crippen LogP contribution in [0.3, 0.4) is 0 Å². The van der Waals surface area contributed by atoms with Gasteiger partial charge in [0.25, 0.3) is 0 Å². The number of likely N-dealkylation sites (tertiary alicyclic amines) is 1. The Bertz CT molecular complexity index is 225. The Labute approximate surface area is 94.3 Å². The Morgan fingerprint density at radius 3 is 2.33 bits per heavy atom. The number of hydrogen-bond acceptors (Lipinski definition) is 2. The van der Waals surface area contributed by atoms with Crippen LogP contribution >= 0.6 is 0 Å². The van der Waals surface area contributed by atoms with Crippen LogP contribution in [0, 0.1) is 17.2 Å². The lowest BCUT2D eigenvalue weighted by atomic mass is 9.84. The maximum Gasteiger partial charge on any atom is 0.109 e. The van der Waals surface area contributed by atoms with Gasteiger partial charge in [-0.25, -0.2) is 0 Å². The summed E-state index contributed by atoms with van der Waals surface area (Å²) in [5, 5.41) is 9.49. The van der Waals surface area contributed by atoms with Gasteiger partial charge in [0.1, 0.15) is 5.54 Å². The molecule has 86 valence electrons. The lowest BCUT2D eigenvalue weighted by Gasteiger charge is -2.37. The van der Waals surface area contributed by atoms with Gasteiger partial charge in [-0.15, -0.1) is 0 Å². The molecule has 0 spiro atoms. The van der Waals surface area contributed by atoms with Gasteiger partial charge >= 0.3 is 0 Å². The van der Waals surface area contributed by atoms with Crippen molar-refractivity contribution in [1.29, 1.82) is 5.26 Å². The normalized spacial score (nSPS) is 23.3. The second-order valence-electron chi connectivity index (χ2n) is 4.91. The van der Waals surface area contributed by atoms with Gasteiger partial charge in [-0.1, -0.05) is 27.2 Å². The highest BCUT2D eigenvalue weighted by Gasteiger charge is 2.37. The highest BCUT2D eigenvalue weighted by Crippen LogP contribution is 2.31. The van der Waals surface area contributed by atoms with Crippen molar-refractivity contribution in [3.8, 4) is 6.07 Å². The topological polar surface area (TPSA) is 27.0 Å². The minimum atomic E-state index is -0.175. The van der Waals surface area contributed by atoms with Crippen molar-refractivity contribution < 1.29 is 0 Å². The summed E-state index contributed by atoms with van der Waals surface area (Å²) in [6, 6.07) is 2.60. The van der Waals surface area contributed by atoms with E-state index in [1.54, 1.807) is 0 Å². The van der Waals surface area contributed by atoms with Gasteiger partial charge in [-0.3, -0.25) is 4.90 Å². The number of rotatable bonds is 5. The summed E-state index contributed by atoms with van der Waals surface area (Å²) >= 11 is 0. The first kappa shape index (κ1) is 12.5. The molecule has 1 rings (SSSR count). The standard InChI is InChI=1S/C13H24N2/c1-4-12(3)10-13(5-2,11-14)15-8-6-7-9-15/h12H,4-10H2,1-3H3. The largest absolute Gasteiger partial charge is 0.286 e. The summed E-state index contributed by atoms with van der Waals surface area (Å²) in [6.45, 7) is 8.88. The summed E-state index contributed by atoms with van der Waals surface area (Å²) in [5.41, 5.74) is -0.175. The second-order valence-corrected chi connectivity index (χ2v) is 4.91. The van der Waals surface area contributed by atoms with Crippen LogP contribution in [0.4, 0.5) is 0 Å². The third-order valence-corrected chi connectivity index (χ3v) is 3.89. The zero-order valence-corrected chi connectivity index (χ0v) is 10.4. The first-order chi connectivity index (χ1) is 7.18. The Kier molecular flexibility index (Phi) is 4.60. The quantitative estimate of drug-likeness (QED) is 0.694. The van der Waals surface area contributed by atoms with Crippen molar-refractivity contribution in [2.45, 2.75) is 58.4 Å². The number of nitrogens with zero attached hydrogens (tertiary/aromatic N) is 2. The predicted molar refractivity (Wildman–Crippen MR) is 63.5 cm³/mol. The molecule has 2 unspecified atom stereocenters. The maximum absolute atomic E-state index is 9.49. The molecule has 1 saturated heterocycles. The molecule has 1 heterocycles. The zero-order chi connectivity index (χ0) is 11.3. The lowest BCUT2D eigenvalue weighted by Crippen LogP contribution is -2.46. The molecular weight excluding hydrogens is 184 g/mol. The summed E-state index contributed by atoms with van der Waals surface area (Å²) in [4.78, 5) is 2.42. The molecule has 0 amide bonds. The SMILES string of the molecule is CCC(C)CC(C#N)(CC)N1CCCC1. The number of hydrogen-bond donors (Lipinski definition) is 0. The molecule has 0 N–H and O–H groups in total. The lowest BCUT2D eigenvalue weighted by molar-refractivity contribution is 0.136. The van der Waals surface area contributed by atoms with Gasteiger partial charge < -0.3 is 0 Å². The molecule has 0 aromatic heterocycles. The molecule has 1 aliphatic rings. The summed E-state index contributed by atoms with van der Waals surface area (Å²) < 4.78 is 0. The van der Waals surface area contributed by atoms with E-state index in [0.29, 0.717) is 5.92 Å². The van der Waals surface area contributed by atoms with Gasteiger partial charge in [-0.2, -0.15) is 5.26 Å². The van der Waals surface area contributed by atoms with Crippen LogP contribution in [0.1, 0.15) is 52.9 Å². The Hall–Kier alpha value is -0.550. The Balaban J connectivity index is 2.72. The van der Waals surface area contributed by atoms with Crippen molar-refractivity contribution in [1.82, 2.24) is 4.90 Å². The van der Waals surface area contributed by atoms with Crippen molar-refractivity contribution in [3.63, 3.8) is 0 Å².